The number of rotatable bonds is 8. The number of hydrogen-bond donors (Lipinski definition) is 0. The number of aromatic nitrogens is 4. The quantitative estimate of drug-likeness (QED) is 0.228. The van der Waals surface area contributed by atoms with Crippen molar-refractivity contribution in [2.45, 2.75) is 58.1 Å². The van der Waals surface area contributed by atoms with Gasteiger partial charge in [0.2, 0.25) is 0 Å². The maximum atomic E-state index is 12.5. The van der Waals surface area contributed by atoms with Crippen LogP contribution in [0.1, 0.15) is 52.5 Å². The number of fused-ring (bicyclic) bond motifs is 1. The Balaban J connectivity index is 1.22. The van der Waals surface area contributed by atoms with Crippen molar-refractivity contribution in [3.63, 3.8) is 0 Å². The zero-order valence-electron chi connectivity index (χ0n) is 25.6. The molecule has 0 atom stereocenters. The normalized spacial score (nSPS) is 15.9. The molecular formula is C33H40N6O4. The first kappa shape index (κ1) is 28.8. The van der Waals surface area contributed by atoms with Crippen molar-refractivity contribution in [3.05, 3.63) is 55.0 Å². The van der Waals surface area contributed by atoms with Crippen LogP contribution in [0.15, 0.2) is 55.0 Å². The van der Waals surface area contributed by atoms with E-state index in [-0.39, 0.29) is 12.1 Å². The highest BCUT2D eigenvalue weighted by Gasteiger charge is 2.28. The average molecular weight is 585 g/mol. The average Bonchev–Trinajstić information content (AvgIpc) is 3.70. The predicted molar refractivity (Wildman–Crippen MR) is 166 cm³/mol. The fraction of sp³-hybridized carbons (Fsp3) is 0.455. The highest BCUT2D eigenvalue weighted by atomic mass is 16.6. The molecule has 0 radical (unpaired) electrons. The van der Waals surface area contributed by atoms with Gasteiger partial charge in [-0.25, -0.2) is 9.78 Å². The second-order valence-corrected chi connectivity index (χ2v) is 12.5. The van der Waals surface area contributed by atoms with Crippen LogP contribution in [0.2, 0.25) is 0 Å². The van der Waals surface area contributed by atoms with Crippen molar-refractivity contribution in [3.8, 4) is 22.8 Å². The molecule has 1 saturated carbocycles. The minimum absolute atomic E-state index is 0.211. The summed E-state index contributed by atoms with van der Waals surface area (Å²) in [6, 6.07) is 12.4. The lowest BCUT2D eigenvalue weighted by Gasteiger charge is -2.33. The molecule has 0 unspecified atom stereocenters. The van der Waals surface area contributed by atoms with Crippen molar-refractivity contribution in [2.24, 2.45) is 5.92 Å². The summed E-state index contributed by atoms with van der Waals surface area (Å²) in [6.45, 7) is 7.87. The van der Waals surface area contributed by atoms with Gasteiger partial charge in [-0.05, 0) is 70.6 Å². The van der Waals surface area contributed by atoms with Crippen molar-refractivity contribution >= 4 is 28.5 Å². The number of carbonyl (C=O) groups excluding carboxylic acids is 1. The largest absolute Gasteiger partial charge is 0.497 e. The van der Waals surface area contributed by atoms with Crippen LogP contribution in [0.4, 0.5) is 16.2 Å². The predicted octanol–water partition coefficient (Wildman–Crippen LogP) is 6.63. The van der Waals surface area contributed by atoms with E-state index in [1.807, 2.05) is 68.3 Å². The van der Waals surface area contributed by atoms with Crippen LogP contribution in [0, 0.1) is 5.92 Å². The third-order valence-corrected chi connectivity index (χ3v) is 8.01. The summed E-state index contributed by atoms with van der Waals surface area (Å²) in [5.74, 6) is 2.17. The molecule has 1 aliphatic carbocycles. The zero-order valence-corrected chi connectivity index (χ0v) is 25.6. The molecule has 2 aromatic heterocycles. The number of anilines is 2. The Morgan fingerprint density at radius 3 is 2.30 bits per heavy atom. The van der Waals surface area contributed by atoms with Gasteiger partial charge >= 0.3 is 6.09 Å². The van der Waals surface area contributed by atoms with Crippen LogP contribution in [-0.4, -0.2) is 70.2 Å². The van der Waals surface area contributed by atoms with E-state index in [1.54, 1.807) is 19.1 Å². The lowest BCUT2D eigenvalue weighted by atomic mass is 10.1. The first-order valence-corrected chi connectivity index (χ1v) is 15.0. The highest BCUT2D eigenvalue weighted by Crippen LogP contribution is 2.39. The van der Waals surface area contributed by atoms with Gasteiger partial charge in [0, 0.05) is 61.0 Å². The van der Waals surface area contributed by atoms with Gasteiger partial charge in [-0.2, -0.15) is 5.10 Å². The summed E-state index contributed by atoms with van der Waals surface area (Å²) in [5.41, 5.74) is 4.93. The van der Waals surface area contributed by atoms with E-state index < -0.39 is 5.60 Å². The summed E-state index contributed by atoms with van der Waals surface area (Å²) in [7, 11) is 3.35. The van der Waals surface area contributed by atoms with E-state index in [0.717, 1.165) is 64.6 Å². The highest BCUT2D eigenvalue weighted by molar-refractivity contribution is 5.82. The standard InChI is InChI=1S/C33H40N6O4/c1-33(2,3)43-32(40)37-12-10-24(11-13-37)39-21-23(18-35-39)31-19-34-29-9-8-25(16-30(29)36-31)38(20-22-6-7-22)26-14-27(41-4)17-28(15-26)42-5/h8-9,14-19,21-22,24H,6-7,10-13,20H2,1-5H3. The topological polar surface area (TPSA) is 94.8 Å². The van der Waals surface area contributed by atoms with E-state index in [1.165, 1.54) is 12.8 Å². The molecule has 0 N–H and O–H groups in total. The van der Waals surface area contributed by atoms with Crippen LogP contribution < -0.4 is 14.4 Å². The third-order valence-electron chi connectivity index (χ3n) is 8.01. The van der Waals surface area contributed by atoms with Crippen LogP contribution in [0.3, 0.4) is 0 Å². The molecule has 0 spiro atoms. The number of ether oxygens (including phenoxy) is 3. The van der Waals surface area contributed by atoms with E-state index in [9.17, 15) is 4.79 Å². The summed E-state index contributed by atoms with van der Waals surface area (Å²) >= 11 is 0. The van der Waals surface area contributed by atoms with Crippen LogP contribution >= 0.6 is 0 Å². The van der Waals surface area contributed by atoms with Gasteiger partial charge in [-0.3, -0.25) is 9.67 Å². The molecule has 3 heterocycles. The van der Waals surface area contributed by atoms with Gasteiger partial charge in [0.15, 0.2) is 0 Å². The lowest BCUT2D eigenvalue weighted by Crippen LogP contribution is -2.42. The molecule has 1 aliphatic heterocycles. The third kappa shape index (κ3) is 6.68. The molecular weight excluding hydrogens is 544 g/mol. The molecule has 10 heteroatoms. The number of piperidine rings is 1. The molecule has 226 valence electrons. The van der Waals surface area contributed by atoms with Gasteiger partial charge in [-0.1, -0.05) is 0 Å². The molecule has 1 amide bonds. The minimum atomic E-state index is -0.495. The molecule has 2 aromatic carbocycles. The van der Waals surface area contributed by atoms with Gasteiger partial charge in [0.1, 0.15) is 17.1 Å². The van der Waals surface area contributed by atoms with Crippen molar-refractivity contribution in [2.75, 3.05) is 38.8 Å². The Morgan fingerprint density at radius 2 is 1.65 bits per heavy atom. The van der Waals surface area contributed by atoms with Gasteiger partial charge in [-0.15, -0.1) is 0 Å². The Kier molecular flexibility index (Phi) is 7.85. The Morgan fingerprint density at radius 1 is 0.930 bits per heavy atom. The number of hydrogen-bond acceptors (Lipinski definition) is 8. The maximum Gasteiger partial charge on any atom is 0.410 e. The van der Waals surface area contributed by atoms with Gasteiger partial charge < -0.3 is 24.0 Å². The second-order valence-electron chi connectivity index (χ2n) is 12.5. The number of carbonyl (C=O) groups is 1. The van der Waals surface area contributed by atoms with Gasteiger partial charge in [0.25, 0.3) is 0 Å². The Bertz CT molecular complexity index is 1580. The molecule has 43 heavy (non-hydrogen) atoms. The van der Waals surface area contributed by atoms with Crippen LogP contribution in [-0.2, 0) is 4.74 Å². The van der Waals surface area contributed by atoms with Crippen molar-refractivity contribution < 1.29 is 19.0 Å². The molecule has 6 rings (SSSR count). The molecule has 4 aromatic rings. The Hall–Kier alpha value is -4.34. The first-order valence-electron chi connectivity index (χ1n) is 15.0. The smallest absolute Gasteiger partial charge is 0.410 e. The zero-order chi connectivity index (χ0) is 30.1. The van der Waals surface area contributed by atoms with Crippen LogP contribution in [0.5, 0.6) is 11.5 Å². The number of benzene rings is 2. The minimum Gasteiger partial charge on any atom is -0.497 e. The number of nitrogens with zero attached hydrogens (tertiary/aromatic N) is 6. The number of amides is 1. The molecule has 2 aliphatic rings. The van der Waals surface area contributed by atoms with Crippen LogP contribution in [0.25, 0.3) is 22.3 Å². The number of likely N-dealkylation sites (tertiary alicyclic amines) is 1. The Labute approximate surface area is 252 Å². The molecule has 10 nitrogen and oxygen atoms in total. The van der Waals surface area contributed by atoms with Gasteiger partial charge in [0.05, 0.1) is 49.4 Å². The summed E-state index contributed by atoms with van der Waals surface area (Å²) in [4.78, 5) is 26.3. The van der Waals surface area contributed by atoms with Crippen molar-refractivity contribution in [1.29, 1.82) is 0 Å². The fourth-order valence-corrected chi connectivity index (χ4v) is 5.48. The lowest BCUT2D eigenvalue weighted by molar-refractivity contribution is 0.0185. The van der Waals surface area contributed by atoms with E-state index in [2.05, 4.69) is 22.1 Å². The van der Waals surface area contributed by atoms with E-state index in [4.69, 9.17) is 24.2 Å². The maximum absolute atomic E-state index is 12.5. The summed E-state index contributed by atoms with van der Waals surface area (Å²) in [5, 5.41) is 4.67. The van der Waals surface area contributed by atoms with E-state index >= 15 is 0 Å². The molecule has 2 fully saturated rings. The van der Waals surface area contributed by atoms with Crippen molar-refractivity contribution in [1.82, 2.24) is 24.6 Å². The second kappa shape index (κ2) is 11.7. The summed E-state index contributed by atoms with van der Waals surface area (Å²) in [6.07, 6.45) is 9.55. The first-order chi connectivity index (χ1) is 20.7. The SMILES string of the molecule is COc1cc(OC)cc(N(CC2CC2)c2ccc3ncc(-c4cnn(C5CCN(C(=O)OC(C)(C)C)CC5)c4)nc3c2)c1. The molecule has 0 bridgehead atoms. The van der Waals surface area contributed by atoms with E-state index in [0.29, 0.717) is 19.0 Å². The summed E-state index contributed by atoms with van der Waals surface area (Å²) < 4.78 is 18.7. The fourth-order valence-electron chi connectivity index (χ4n) is 5.48. The monoisotopic (exact) mass is 584 g/mol. The number of methoxy groups -OCH3 is 2. The molecule has 1 saturated heterocycles.